The van der Waals surface area contributed by atoms with Gasteiger partial charge in [-0.05, 0) is 30.1 Å². The van der Waals surface area contributed by atoms with Gasteiger partial charge in [-0.1, -0.05) is 23.7 Å². The minimum absolute atomic E-state index is 0.546. The molecule has 4 heteroatoms. The summed E-state index contributed by atoms with van der Waals surface area (Å²) in [7, 11) is 2.11. The second-order valence-corrected chi connectivity index (χ2v) is 5.16. The van der Waals surface area contributed by atoms with Crippen LogP contribution in [0.1, 0.15) is 10.4 Å². The number of hydrogen-bond acceptors (Lipinski definition) is 3. The van der Waals surface area contributed by atoms with Gasteiger partial charge in [-0.2, -0.15) is 0 Å². The van der Waals surface area contributed by atoms with Gasteiger partial charge in [0.05, 0.1) is 0 Å². The van der Waals surface area contributed by atoms with E-state index in [0.29, 0.717) is 5.15 Å². The Balaban J connectivity index is 1.92. The third-order valence-electron chi connectivity index (χ3n) is 2.25. The Morgan fingerprint density at radius 3 is 2.81 bits per heavy atom. The zero-order valence-corrected chi connectivity index (χ0v) is 10.6. The molecule has 0 fully saturated rings. The molecule has 2 nitrogen and oxygen atoms in total. The summed E-state index contributed by atoms with van der Waals surface area (Å²) >= 11 is 7.53. The van der Waals surface area contributed by atoms with Crippen LogP contribution in [0.2, 0.25) is 5.15 Å². The second-order valence-electron chi connectivity index (χ2n) is 3.74. The van der Waals surface area contributed by atoms with Crippen LogP contribution in [0.15, 0.2) is 35.8 Å². The summed E-state index contributed by atoms with van der Waals surface area (Å²) in [4.78, 5) is 7.71. The lowest BCUT2D eigenvalue weighted by Gasteiger charge is -2.15. The molecule has 2 aromatic rings. The van der Waals surface area contributed by atoms with Gasteiger partial charge in [0.2, 0.25) is 0 Å². The van der Waals surface area contributed by atoms with Gasteiger partial charge < -0.3 is 0 Å². The fourth-order valence-electron chi connectivity index (χ4n) is 1.54. The fraction of sp³-hybridized carbons (Fsp3) is 0.250. The molecule has 0 radical (unpaired) electrons. The van der Waals surface area contributed by atoms with Crippen molar-refractivity contribution >= 4 is 22.9 Å². The van der Waals surface area contributed by atoms with Crippen LogP contribution in [-0.2, 0) is 13.1 Å². The van der Waals surface area contributed by atoms with Gasteiger partial charge in [0.25, 0.3) is 0 Å². The summed E-state index contributed by atoms with van der Waals surface area (Å²) in [6.07, 6.45) is 1.83. The molecular weight excluding hydrogens is 240 g/mol. The van der Waals surface area contributed by atoms with E-state index in [9.17, 15) is 0 Å². The molecule has 0 aromatic carbocycles. The van der Waals surface area contributed by atoms with Gasteiger partial charge >= 0.3 is 0 Å². The molecule has 0 N–H and O–H groups in total. The zero-order valence-electron chi connectivity index (χ0n) is 9.06. The topological polar surface area (TPSA) is 16.1 Å². The van der Waals surface area contributed by atoms with Crippen LogP contribution in [0, 0.1) is 0 Å². The van der Waals surface area contributed by atoms with Crippen LogP contribution in [0.25, 0.3) is 0 Å². The predicted molar refractivity (Wildman–Crippen MR) is 68.7 cm³/mol. The van der Waals surface area contributed by atoms with E-state index in [-0.39, 0.29) is 0 Å². The lowest BCUT2D eigenvalue weighted by atomic mass is 10.2. The van der Waals surface area contributed by atoms with Gasteiger partial charge in [-0.25, -0.2) is 4.98 Å². The second kappa shape index (κ2) is 5.43. The predicted octanol–water partition coefficient (Wildman–Crippen LogP) is 3.43. The third-order valence-corrected chi connectivity index (χ3v) is 3.33. The van der Waals surface area contributed by atoms with Gasteiger partial charge in [0.15, 0.2) is 0 Å². The van der Waals surface area contributed by atoms with Gasteiger partial charge in [0.1, 0.15) is 5.15 Å². The summed E-state index contributed by atoms with van der Waals surface area (Å²) in [5, 5.41) is 2.65. The molecule has 0 saturated heterocycles. The first kappa shape index (κ1) is 11.6. The molecule has 2 aromatic heterocycles. The van der Waals surface area contributed by atoms with E-state index in [2.05, 4.69) is 34.4 Å². The lowest BCUT2D eigenvalue weighted by Crippen LogP contribution is -2.16. The monoisotopic (exact) mass is 252 g/mol. The molecule has 16 heavy (non-hydrogen) atoms. The maximum Gasteiger partial charge on any atom is 0.129 e. The molecule has 0 aliphatic heterocycles. The normalized spacial score (nSPS) is 10.9. The number of aromatic nitrogens is 1. The Bertz CT molecular complexity index is 425. The van der Waals surface area contributed by atoms with E-state index < -0.39 is 0 Å². The van der Waals surface area contributed by atoms with Crippen molar-refractivity contribution in [3.8, 4) is 0 Å². The lowest BCUT2D eigenvalue weighted by molar-refractivity contribution is 0.321. The maximum atomic E-state index is 5.74. The first-order valence-electron chi connectivity index (χ1n) is 5.05. The summed E-state index contributed by atoms with van der Waals surface area (Å²) < 4.78 is 0. The average molecular weight is 253 g/mol. The highest BCUT2D eigenvalue weighted by Crippen LogP contribution is 2.13. The number of hydrogen-bond donors (Lipinski definition) is 0. The van der Waals surface area contributed by atoms with E-state index in [0.717, 1.165) is 13.1 Å². The first-order valence-corrected chi connectivity index (χ1v) is 6.31. The molecule has 2 heterocycles. The average Bonchev–Trinajstić information content (AvgIpc) is 2.74. The maximum absolute atomic E-state index is 5.74. The zero-order chi connectivity index (χ0) is 11.4. The molecule has 0 amide bonds. The quantitative estimate of drug-likeness (QED) is 0.775. The molecule has 0 unspecified atom stereocenters. The Morgan fingerprint density at radius 1 is 1.31 bits per heavy atom. The summed E-state index contributed by atoms with van der Waals surface area (Å²) in [5.41, 5.74) is 1.18. The van der Waals surface area contributed by atoms with Crippen molar-refractivity contribution in [1.82, 2.24) is 9.88 Å². The van der Waals surface area contributed by atoms with Gasteiger partial charge in [-0.15, -0.1) is 11.3 Å². The Morgan fingerprint density at radius 2 is 2.19 bits per heavy atom. The Labute approximate surface area is 105 Å². The van der Waals surface area contributed by atoms with Gasteiger partial charge in [0, 0.05) is 24.2 Å². The fourth-order valence-corrected chi connectivity index (χ4v) is 2.43. The van der Waals surface area contributed by atoms with Crippen molar-refractivity contribution in [2.45, 2.75) is 13.1 Å². The van der Waals surface area contributed by atoms with Crippen molar-refractivity contribution in [2.24, 2.45) is 0 Å². The highest BCUT2D eigenvalue weighted by molar-refractivity contribution is 7.09. The summed E-state index contributed by atoms with van der Waals surface area (Å²) in [6.45, 7) is 1.86. The first-order chi connectivity index (χ1) is 7.74. The number of rotatable bonds is 4. The van der Waals surface area contributed by atoms with Crippen molar-refractivity contribution in [3.05, 3.63) is 51.4 Å². The Kier molecular flexibility index (Phi) is 3.93. The standard InChI is InChI=1S/C12H13ClN2S/c1-15(9-11-3-2-6-16-11)8-10-4-5-12(13)14-7-10/h2-7H,8-9H2,1H3. The number of thiophene rings is 1. The molecule has 0 spiro atoms. The highest BCUT2D eigenvalue weighted by Gasteiger charge is 2.02. The molecule has 0 saturated carbocycles. The molecule has 0 aliphatic rings. The van der Waals surface area contributed by atoms with Crippen LogP contribution in [-0.4, -0.2) is 16.9 Å². The molecule has 2 rings (SSSR count). The molecule has 0 aliphatic carbocycles. The molecule has 84 valence electrons. The Hall–Kier alpha value is -0.900. The van der Waals surface area contributed by atoms with E-state index in [4.69, 9.17) is 11.6 Å². The number of pyridine rings is 1. The highest BCUT2D eigenvalue weighted by atomic mass is 35.5. The van der Waals surface area contributed by atoms with Crippen LogP contribution in [0.3, 0.4) is 0 Å². The van der Waals surface area contributed by atoms with Crippen molar-refractivity contribution in [2.75, 3.05) is 7.05 Å². The largest absolute Gasteiger partial charge is 0.297 e. The number of nitrogens with zero attached hydrogens (tertiary/aromatic N) is 2. The molecule has 0 bridgehead atoms. The van der Waals surface area contributed by atoms with Crippen LogP contribution in [0.5, 0.6) is 0 Å². The molecule has 0 atom stereocenters. The van der Waals surface area contributed by atoms with Crippen molar-refractivity contribution < 1.29 is 0 Å². The SMILES string of the molecule is CN(Cc1ccc(Cl)nc1)Cc1cccs1. The minimum atomic E-state index is 0.546. The smallest absolute Gasteiger partial charge is 0.129 e. The number of halogens is 1. The minimum Gasteiger partial charge on any atom is -0.297 e. The van der Waals surface area contributed by atoms with E-state index in [1.807, 2.05) is 18.3 Å². The van der Waals surface area contributed by atoms with E-state index >= 15 is 0 Å². The van der Waals surface area contributed by atoms with Crippen LogP contribution < -0.4 is 0 Å². The third kappa shape index (κ3) is 3.30. The summed E-state index contributed by atoms with van der Waals surface area (Å²) in [5.74, 6) is 0. The molecular formula is C12H13ClN2S. The van der Waals surface area contributed by atoms with Gasteiger partial charge in [-0.3, -0.25) is 4.90 Å². The summed E-state index contributed by atoms with van der Waals surface area (Å²) in [6, 6.07) is 8.08. The van der Waals surface area contributed by atoms with E-state index in [1.54, 1.807) is 11.3 Å². The van der Waals surface area contributed by atoms with Crippen molar-refractivity contribution in [1.29, 1.82) is 0 Å². The van der Waals surface area contributed by atoms with Crippen LogP contribution >= 0.6 is 22.9 Å². The van der Waals surface area contributed by atoms with E-state index in [1.165, 1.54) is 10.4 Å². The van der Waals surface area contributed by atoms with Crippen molar-refractivity contribution in [3.63, 3.8) is 0 Å². The van der Waals surface area contributed by atoms with Crippen LogP contribution in [0.4, 0.5) is 0 Å².